The molecule has 0 fully saturated rings. The van der Waals surface area contributed by atoms with E-state index in [4.69, 9.17) is 13.6 Å². The summed E-state index contributed by atoms with van der Waals surface area (Å²) in [6.07, 6.45) is 0. The Morgan fingerprint density at radius 2 is 0.900 bits per heavy atom. The summed E-state index contributed by atoms with van der Waals surface area (Å²) in [5.41, 5.74) is 2.73. The van der Waals surface area contributed by atoms with Crippen molar-refractivity contribution in [2.24, 2.45) is 5.41 Å². The van der Waals surface area contributed by atoms with Crippen LogP contribution in [0.4, 0.5) is 0 Å². The standard InChI is InChI=1S/C33H53O6P/c1-29(2,3)23-13-15-27(25(17-23)31(7,8)9)38-40(37-22-33(19-34,20-35)21-36)39-28-16-14-24(30(4,5)6)18-26(28)32(10,11)12/h13-18,34-36H,19-22H2,1-12H3. The van der Waals surface area contributed by atoms with Crippen LogP contribution in [0.25, 0.3) is 0 Å². The van der Waals surface area contributed by atoms with Crippen LogP contribution < -0.4 is 9.05 Å². The fraction of sp³-hybridized carbons (Fsp3) is 0.636. The molecule has 7 heteroatoms. The molecule has 0 saturated heterocycles. The van der Waals surface area contributed by atoms with E-state index in [0.29, 0.717) is 11.5 Å². The predicted molar refractivity (Wildman–Crippen MR) is 166 cm³/mol. The summed E-state index contributed by atoms with van der Waals surface area (Å²) in [7, 11) is -2.03. The third-order valence-electron chi connectivity index (χ3n) is 7.14. The number of aliphatic hydroxyl groups is 3. The Balaban J connectivity index is 2.61. The van der Waals surface area contributed by atoms with Gasteiger partial charge in [0.2, 0.25) is 0 Å². The van der Waals surface area contributed by atoms with E-state index in [1.165, 1.54) is 11.1 Å². The van der Waals surface area contributed by atoms with Gasteiger partial charge in [0.1, 0.15) is 11.5 Å². The third kappa shape index (κ3) is 8.90. The van der Waals surface area contributed by atoms with E-state index in [0.717, 1.165) is 11.1 Å². The lowest BCUT2D eigenvalue weighted by Gasteiger charge is -2.32. The summed E-state index contributed by atoms with van der Waals surface area (Å²) in [6.45, 7) is 24.5. The van der Waals surface area contributed by atoms with Crippen LogP contribution in [0.1, 0.15) is 105 Å². The van der Waals surface area contributed by atoms with Crippen molar-refractivity contribution in [3.63, 3.8) is 0 Å². The van der Waals surface area contributed by atoms with Gasteiger partial charge in [-0.15, -0.1) is 0 Å². The minimum Gasteiger partial charge on any atom is -0.417 e. The van der Waals surface area contributed by atoms with E-state index in [-0.39, 0.29) is 28.3 Å². The Hall–Kier alpha value is -1.69. The number of rotatable bonds is 10. The molecule has 2 rings (SSSR count). The summed E-state index contributed by atoms with van der Waals surface area (Å²) in [5, 5.41) is 29.7. The van der Waals surface area contributed by atoms with Gasteiger partial charge in [0.05, 0.1) is 31.8 Å². The average molecular weight is 577 g/mol. The summed E-state index contributed by atoms with van der Waals surface area (Å²) < 4.78 is 19.2. The van der Waals surface area contributed by atoms with Crippen LogP contribution in [-0.4, -0.2) is 41.7 Å². The maximum Gasteiger partial charge on any atom is 0.463 e. The second-order valence-electron chi connectivity index (χ2n) is 15.1. The molecule has 0 aliphatic rings. The molecule has 2 aromatic carbocycles. The Bertz CT molecular complexity index is 1030. The summed E-state index contributed by atoms with van der Waals surface area (Å²) in [4.78, 5) is 0. The highest BCUT2D eigenvalue weighted by Gasteiger charge is 2.34. The first-order valence-corrected chi connectivity index (χ1v) is 15.2. The minimum absolute atomic E-state index is 0.0321. The number of hydrogen-bond acceptors (Lipinski definition) is 6. The van der Waals surface area contributed by atoms with Crippen molar-refractivity contribution < 1.29 is 28.9 Å². The SMILES string of the molecule is CC(C)(C)c1ccc(OP(OCC(CO)(CO)CO)Oc2ccc(C(C)(C)C)cc2C(C)(C)C)c(C(C)(C)C)c1. The molecule has 0 aliphatic carbocycles. The molecule has 0 spiro atoms. The summed E-state index contributed by atoms with van der Waals surface area (Å²) in [5.74, 6) is 1.30. The van der Waals surface area contributed by atoms with Gasteiger partial charge >= 0.3 is 8.60 Å². The molecule has 0 aliphatic heterocycles. The molecular formula is C33H53O6P. The normalized spacial score (nSPS) is 13.6. The minimum atomic E-state index is -2.03. The average Bonchev–Trinajstić information content (AvgIpc) is 2.83. The molecule has 2 aromatic rings. The van der Waals surface area contributed by atoms with Crippen molar-refractivity contribution >= 4 is 8.60 Å². The highest BCUT2D eigenvalue weighted by Crippen LogP contribution is 2.48. The Morgan fingerprint density at radius 1 is 0.550 bits per heavy atom. The first-order chi connectivity index (χ1) is 18.2. The molecular weight excluding hydrogens is 523 g/mol. The van der Waals surface area contributed by atoms with Crippen LogP contribution in [0.3, 0.4) is 0 Å². The van der Waals surface area contributed by atoms with Gasteiger partial charge < -0.3 is 24.4 Å². The van der Waals surface area contributed by atoms with Crippen LogP contribution in [-0.2, 0) is 26.2 Å². The van der Waals surface area contributed by atoms with E-state index in [1.54, 1.807) is 0 Å². The molecule has 0 unspecified atom stereocenters. The van der Waals surface area contributed by atoms with Gasteiger partial charge in [-0.1, -0.05) is 107 Å². The zero-order valence-electron chi connectivity index (χ0n) is 26.8. The highest BCUT2D eigenvalue weighted by atomic mass is 31.2. The molecule has 0 heterocycles. The maximum atomic E-state index is 9.91. The quantitative estimate of drug-likeness (QED) is 0.253. The van der Waals surface area contributed by atoms with Crippen molar-refractivity contribution in [3.05, 3.63) is 58.7 Å². The highest BCUT2D eigenvalue weighted by molar-refractivity contribution is 7.42. The van der Waals surface area contributed by atoms with Crippen LogP contribution in [0.2, 0.25) is 0 Å². The second-order valence-corrected chi connectivity index (χ2v) is 16.1. The van der Waals surface area contributed by atoms with Gasteiger partial charge in [0.25, 0.3) is 0 Å². The fourth-order valence-electron chi connectivity index (χ4n) is 4.03. The third-order valence-corrected chi connectivity index (χ3v) is 8.17. The molecule has 0 bridgehead atoms. The molecule has 0 aromatic heterocycles. The zero-order valence-corrected chi connectivity index (χ0v) is 27.7. The molecule has 0 atom stereocenters. The van der Waals surface area contributed by atoms with Gasteiger partial charge in [-0.25, -0.2) is 0 Å². The second kappa shape index (κ2) is 12.7. The lowest BCUT2D eigenvalue weighted by Crippen LogP contribution is -2.38. The first kappa shape index (κ1) is 34.5. The van der Waals surface area contributed by atoms with Crippen molar-refractivity contribution in [1.82, 2.24) is 0 Å². The number of aliphatic hydroxyl groups excluding tert-OH is 3. The van der Waals surface area contributed by atoms with Crippen molar-refractivity contribution in [3.8, 4) is 11.5 Å². The van der Waals surface area contributed by atoms with E-state index in [9.17, 15) is 15.3 Å². The lowest BCUT2D eigenvalue weighted by atomic mass is 9.80. The van der Waals surface area contributed by atoms with E-state index >= 15 is 0 Å². The molecule has 40 heavy (non-hydrogen) atoms. The smallest absolute Gasteiger partial charge is 0.417 e. The molecule has 0 saturated carbocycles. The topological polar surface area (TPSA) is 88.4 Å². The number of benzene rings is 2. The Labute approximate surface area is 244 Å². The monoisotopic (exact) mass is 576 g/mol. The summed E-state index contributed by atoms with van der Waals surface area (Å²) in [6, 6.07) is 12.4. The van der Waals surface area contributed by atoms with Gasteiger partial charge in [0.15, 0.2) is 0 Å². The van der Waals surface area contributed by atoms with Crippen molar-refractivity contribution in [2.75, 3.05) is 26.4 Å². The largest absolute Gasteiger partial charge is 0.463 e. The first-order valence-electron chi connectivity index (χ1n) is 14.1. The molecule has 0 amide bonds. The van der Waals surface area contributed by atoms with Gasteiger partial charge in [-0.2, -0.15) is 0 Å². The molecule has 0 radical (unpaired) electrons. The fourth-order valence-corrected chi connectivity index (χ4v) is 5.19. The molecule has 226 valence electrons. The molecule has 6 nitrogen and oxygen atoms in total. The van der Waals surface area contributed by atoms with E-state index in [2.05, 4.69) is 107 Å². The zero-order chi connectivity index (χ0) is 30.7. The van der Waals surface area contributed by atoms with Crippen LogP contribution in [0, 0.1) is 5.41 Å². The lowest BCUT2D eigenvalue weighted by molar-refractivity contribution is -0.0273. The van der Waals surface area contributed by atoms with Gasteiger partial charge in [-0.3, -0.25) is 4.52 Å². The van der Waals surface area contributed by atoms with E-state index < -0.39 is 33.8 Å². The van der Waals surface area contributed by atoms with Crippen molar-refractivity contribution in [1.29, 1.82) is 0 Å². The van der Waals surface area contributed by atoms with Gasteiger partial charge in [0, 0.05) is 11.1 Å². The predicted octanol–water partition coefficient (Wildman–Crippen LogP) is 7.54. The number of hydrogen-bond donors (Lipinski definition) is 3. The maximum absolute atomic E-state index is 9.91. The van der Waals surface area contributed by atoms with Crippen molar-refractivity contribution in [2.45, 2.75) is 105 Å². The van der Waals surface area contributed by atoms with Gasteiger partial charge in [-0.05, 0) is 44.9 Å². The molecule has 3 N–H and O–H groups in total. The van der Waals surface area contributed by atoms with Crippen LogP contribution in [0.5, 0.6) is 11.5 Å². The van der Waals surface area contributed by atoms with Crippen LogP contribution >= 0.6 is 8.60 Å². The summed E-state index contributed by atoms with van der Waals surface area (Å²) >= 11 is 0. The Kier molecular flexibility index (Phi) is 10.9. The van der Waals surface area contributed by atoms with E-state index in [1.807, 2.05) is 12.1 Å². The Morgan fingerprint density at radius 3 is 1.18 bits per heavy atom. The van der Waals surface area contributed by atoms with Crippen LogP contribution in [0.15, 0.2) is 36.4 Å².